The predicted molar refractivity (Wildman–Crippen MR) is 82.0 cm³/mol. The van der Waals surface area contributed by atoms with Crippen molar-refractivity contribution in [2.24, 2.45) is 11.8 Å². The first kappa shape index (κ1) is 15.8. The number of carbonyl (C=O) groups excluding carboxylic acids is 2. The lowest BCUT2D eigenvalue weighted by molar-refractivity contribution is -0.119. The fraction of sp³-hybridized carbons (Fsp3) is 0.533. The number of pyridine rings is 1. The Morgan fingerprint density at radius 1 is 1.52 bits per heavy atom. The van der Waals surface area contributed by atoms with Gasteiger partial charge in [-0.15, -0.1) is 0 Å². The Morgan fingerprint density at radius 3 is 3.05 bits per heavy atom. The maximum atomic E-state index is 12.2. The van der Waals surface area contributed by atoms with Crippen LogP contribution in [0.25, 0.3) is 0 Å². The second kappa shape index (κ2) is 7.41. The number of rotatable bonds is 6. The Morgan fingerprint density at radius 2 is 2.33 bits per heavy atom. The van der Waals surface area contributed by atoms with Gasteiger partial charge in [-0.2, -0.15) is 0 Å². The maximum Gasteiger partial charge on any atom is 0.227 e. The molecule has 2 amide bonds. The van der Waals surface area contributed by atoms with Crippen molar-refractivity contribution in [1.29, 1.82) is 0 Å². The van der Waals surface area contributed by atoms with Crippen molar-refractivity contribution in [3.8, 4) is 0 Å². The molecule has 1 aliphatic rings. The number of nitrogens with zero attached hydrogens (tertiary/aromatic N) is 1. The van der Waals surface area contributed by atoms with Crippen LogP contribution in [0.5, 0.6) is 0 Å². The molecule has 1 aromatic heterocycles. The van der Waals surface area contributed by atoms with Gasteiger partial charge < -0.3 is 10.6 Å². The van der Waals surface area contributed by atoms with E-state index >= 15 is 0 Å². The summed E-state index contributed by atoms with van der Waals surface area (Å²) in [6.07, 6.45) is 7.77. The summed E-state index contributed by atoms with van der Waals surface area (Å²) in [5.74, 6) is 0.201. The summed E-state index contributed by atoms with van der Waals surface area (Å²) in [7, 11) is 0. The van der Waals surface area contributed by atoms with Gasteiger partial charge in [0.2, 0.25) is 12.3 Å². The van der Waals surface area contributed by atoms with E-state index in [1.807, 2.05) is 6.92 Å². The average molecular weight is 310 g/mol. The van der Waals surface area contributed by atoms with Crippen LogP contribution in [0.15, 0.2) is 18.5 Å². The minimum Gasteiger partial charge on any atom is -0.356 e. The quantitative estimate of drug-likeness (QED) is 0.794. The molecular weight excluding hydrogens is 290 g/mol. The highest BCUT2D eigenvalue weighted by Crippen LogP contribution is 2.31. The number of hydrogen-bond donors (Lipinski definition) is 2. The van der Waals surface area contributed by atoms with E-state index in [2.05, 4.69) is 15.6 Å². The van der Waals surface area contributed by atoms with Crippen LogP contribution >= 0.6 is 11.6 Å². The topological polar surface area (TPSA) is 71.1 Å². The van der Waals surface area contributed by atoms with Crippen LogP contribution in [0.3, 0.4) is 0 Å². The Labute approximate surface area is 129 Å². The van der Waals surface area contributed by atoms with Crippen molar-refractivity contribution in [3.63, 3.8) is 0 Å². The minimum atomic E-state index is -0.122. The molecule has 3 atom stereocenters. The minimum absolute atomic E-state index is 0.0455. The lowest BCUT2D eigenvalue weighted by Crippen LogP contribution is -2.33. The molecule has 0 spiro atoms. The Kier molecular flexibility index (Phi) is 5.56. The molecule has 114 valence electrons. The second-order valence-electron chi connectivity index (χ2n) is 5.60. The molecule has 1 saturated carbocycles. The molecule has 0 radical (unpaired) electrons. The van der Waals surface area contributed by atoms with Gasteiger partial charge in [0, 0.05) is 18.2 Å². The molecule has 1 heterocycles. The third-order valence-electron chi connectivity index (χ3n) is 4.02. The van der Waals surface area contributed by atoms with Gasteiger partial charge in [0.25, 0.3) is 0 Å². The van der Waals surface area contributed by atoms with Crippen LogP contribution in [0.2, 0.25) is 5.02 Å². The average Bonchev–Trinajstić information content (AvgIpc) is 2.86. The summed E-state index contributed by atoms with van der Waals surface area (Å²) in [5, 5.41) is 6.18. The summed E-state index contributed by atoms with van der Waals surface area (Å²) in [5.41, 5.74) is 0.605. The van der Waals surface area contributed by atoms with Gasteiger partial charge in [0.05, 0.1) is 16.9 Å². The van der Waals surface area contributed by atoms with E-state index in [1.54, 1.807) is 12.3 Å². The summed E-state index contributed by atoms with van der Waals surface area (Å²) < 4.78 is 0. The van der Waals surface area contributed by atoms with Gasteiger partial charge in [0.15, 0.2) is 0 Å². The summed E-state index contributed by atoms with van der Waals surface area (Å²) in [6, 6.07) is 1.87. The summed E-state index contributed by atoms with van der Waals surface area (Å²) in [4.78, 5) is 26.7. The molecule has 0 bridgehead atoms. The number of aromatic nitrogens is 1. The molecule has 1 fully saturated rings. The highest BCUT2D eigenvalue weighted by molar-refractivity contribution is 6.30. The van der Waals surface area contributed by atoms with Gasteiger partial charge >= 0.3 is 0 Å². The van der Waals surface area contributed by atoms with Crippen LogP contribution < -0.4 is 10.6 Å². The van der Waals surface area contributed by atoms with E-state index in [1.165, 1.54) is 6.20 Å². The van der Waals surface area contributed by atoms with Crippen molar-refractivity contribution in [1.82, 2.24) is 10.3 Å². The number of amides is 2. The predicted octanol–water partition coefficient (Wildman–Crippen LogP) is 2.61. The van der Waals surface area contributed by atoms with Crippen LogP contribution in [0.1, 0.15) is 32.6 Å². The molecule has 2 rings (SSSR count). The van der Waals surface area contributed by atoms with Crippen LogP contribution in [0, 0.1) is 11.8 Å². The van der Waals surface area contributed by atoms with Crippen LogP contribution in [-0.2, 0) is 9.59 Å². The van der Waals surface area contributed by atoms with Gasteiger partial charge in [0.1, 0.15) is 0 Å². The van der Waals surface area contributed by atoms with E-state index in [4.69, 9.17) is 11.6 Å². The highest BCUT2D eigenvalue weighted by Gasteiger charge is 2.29. The molecular formula is C15H20ClN3O2. The monoisotopic (exact) mass is 309 g/mol. The van der Waals surface area contributed by atoms with Gasteiger partial charge in [-0.25, -0.2) is 0 Å². The number of hydrogen-bond acceptors (Lipinski definition) is 3. The lowest BCUT2D eigenvalue weighted by Gasteiger charge is -2.22. The van der Waals surface area contributed by atoms with E-state index in [0.29, 0.717) is 16.6 Å². The normalized spacial score (nSPS) is 22.6. The number of halogens is 1. The lowest BCUT2D eigenvalue weighted by atomic mass is 9.91. The number of anilines is 1. The highest BCUT2D eigenvalue weighted by atomic mass is 35.5. The van der Waals surface area contributed by atoms with Crippen molar-refractivity contribution in [2.75, 3.05) is 5.32 Å². The second-order valence-corrected chi connectivity index (χ2v) is 6.04. The van der Waals surface area contributed by atoms with Crippen molar-refractivity contribution < 1.29 is 9.59 Å². The van der Waals surface area contributed by atoms with E-state index in [-0.39, 0.29) is 17.9 Å². The zero-order chi connectivity index (χ0) is 15.2. The van der Waals surface area contributed by atoms with Crippen LogP contribution in [-0.4, -0.2) is 23.3 Å². The van der Waals surface area contributed by atoms with Crippen molar-refractivity contribution in [2.45, 2.75) is 38.6 Å². The smallest absolute Gasteiger partial charge is 0.227 e. The fourth-order valence-electron chi connectivity index (χ4n) is 2.93. The van der Waals surface area contributed by atoms with E-state index < -0.39 is 0 Å². The SMILES string of the molecule is CC(CC1CCCC1NC=O)C(=O)Nc1cncc(Cl)c1. The zero-order valence-electron chi connectivity index (χ0n) is 12.0. The molecule has 21 heavy (non-hydrogen) atoms. The largest absolute Gasteiger partial charge is 0.356 e. The fourth-order valence-corrected chi connectivity index (χ4v) is 3.11. The van der Waals surface area contributed by atoms with Crippen molar-refractivity contribution in [3.05, 3.63) is 23.5 Å². The molecule has 1 aromatic rings. The molecule has 1 aliphatic carbocycles. The zero-order valence-corrected chi connectivity index (χ0v) is 12.8. The Hall–Kier alpha value is -1.62. The van der Waals surface area contributed by atoms with Gasteiger partial charge in [-0.1, -0.05) is 24.9 Å². The standard InChI is InChI=1S/C15H20ClN3O2/c1-10(5-11-3-2-4-14(11)18-9-20)15(21)19-13-6-12(16)7-17-8-13/h6-11,14H,2-5H2,1H3,(H,18,20)(H,19,21). The van der Waals surface area contributed by atoms with Crippen LogP contribution in [0.4, 0.5) is 5.69 Å². The molecule has 5 nitrogen and oxygen atoms in total. The molecule has 3 unspecified atom stereocenters. The molecule has 0 saturated heterocycles. The van der Waals surface area contributed by atoms with Gasteiger partial charge in [-0.05, 0) is 31.2 Å². The van der Waals surface area contributed by atoms with Crippen molar-refractivity contribution >= 4 is 29.6 Å². The summed E-state index contributed by atoms with van der Waals surface area (Å²) >= 11 is 5.84. The Balaban J connectivity index is 1.89. The first-order valence-corrected chi connectivity index (χ1v) is 7.59. The molecule has 2 N–H and O–H groups in total. The maximum absolute atomic E-state index is 12.2. The first-order valence-electron chi connectivity index (χ1n) is 7.21. The summed E-state index contributed by atoms with van der Waals surface area (Å²) in [6.45, 7) is 1.91. The first-order chi connectivity index (χ1) is 10.1. The third kappa shape index (κ3) is 4.43. The number of carbonyl (C=O) groups is 2. The molecule has 0 aliphatic heterocycles. The van der Waals surface area contributed by atoms with E-state index in [0.717, 1.165) is 32.1 Å². The van der Waals surface area contributed by atoms with Gasteiger partial charge in [-0.3, -0.25) is 14.6 Å². The molecule has 0 aromatic carbocycles. The Bertz CT molecular complexity index is 509. The molecule has 6 heteroatoms. The van der Waals surface area contributed by atoms with E-state index in [9.17, 15) is 9.59 Å². The number of nitrogens with one attached hydrogen (secondary N) is 2. The third-order valence-corrected chi connectivity index (χ3v) is 4.22.